The van der Waals surface area contributed by atoms with E-state index in [1.807, 2.05) is 13.8 Å². The van der Waals surface area contributed by atoms with Gasteiger partial charge in [0.05, 0.1) is 18.7 Å². The Bertz CT molecular complexity index is 185. The molecule has 0 saturated carbocycles. The molecule has 0 fully saturated rings. The van der Waals surface area contributed by atoms with E-state index in [0.29, 0.717) is 26.2 Å². The van der Waals surface area contributed by atoms with E-state index in [1.54, 1.807) is 7.11 Å². The molecule has 5 heteroatoms. The van der Waals surface area contributed by atoms with Crippen LogP contribution in [0.25, 0.3) is 0 Å². The van der Waals surface area contributed by atoms with E-state index < -0.39 is 0 Å². The highest BCUT2D eigenvalue weighted by Crippen LogP contribution is 2.12. The Morgan fingerprint density at radius 1 is 1.38 bits per heavy atom. The summed E-state index contributed by atoms with van der Waals surface area (Å²) in [7, 11) is 1.63. The molecule has 0 spiro atoms. The zero-order valence-electron chi connectivity index (χ0n) is 10.6. The van der Waals surface area contributed by atoms with Gasteiger partial charge in [0.1, 0.15) is 0 Å². The molecule has 5 nitrogen and oxygen atoms in total. The van der Waals surface area contributed by atoms with Gasteiger partial charge in [0.2, 0.25) is 5.91 Å². The third kappa shape index (κ3) is 5.44. The molecule has 0 atom stereocenters. The average Bonchev–Trinajstić information content (AvgIpc) is 2.32. The van der Waals surface area contributed by atoms with E-state index in [4.69, 9.17) is 10.5 Å². The Kier molecular flexibility index (Phi) is 8.15. The first kappa shape index (κ1) is 15.3. The zero-order valence-corrected chi connectivity index (χ0v) is 10.6. The van der Waals surface area contributed by atoms with Gasteiger partial charge in [0, 0.05) is 20.2 Å². The molecule has 96 valence electrons. The van der Waals surface area contributed by atoms with Crippen LogP contribution in [0.4, 0.5) is 0 Å². The van der Waals surface area contributed by atoms with Crippen LogP contribution in [0, 0.1) is 0 Å². The molecule has 0 radical (unpaired) electrons. The molecule has 0 saturated heterocycles. The van der Waals surface area contributed by atoms with Crippen LogP contribution in [0.15, 0.2) is 0 Å². The van der Waals surface area contributed by atoms with Crippen molar-refractivity contribution in [2.75, 3.05) is 33.4 Å². The van der Waals surface area contributed by atoms with Crippen molar-refractivity contribution in [3.05, 3.63) is 0 Å². The second-order valence-corrected chi connectivity index (χ2v) is 3.91. The maximum atomic E-state index is 11.6. The fourth-order valence-electron chi connectivity index (χ4n) is 1.48. The second-order valence-electron chi connectivity index (χ2n) is 3.91. The van der Waals surface area contributed by atoms with Gasteiger partial charge in [-0.3, -0.25) is 4.79 Å². The minimum absolute atomic E-state index is 0.00902. The van der Waals surface area contributed by atoms with Gasteiger partial charge in [-0.2, -0.15) is 0 Å². The van der Waals surface area contributed by atoms with Crippen LogP contribution in [0.3, 0.4) is 0 Å². The lowest BCUT2D eigenvalue weighted by molar-refractivity contribution is -0.122. The molecule has 0 aliphatic carbocycles. The minimum atomic E-state index is -0.250. The number of hydrogen-bond acceptors (Lipinski definition) is 4. The van der Waals surface area contributed by atoms with E-state index in [0.717, 1.165) is 12.8 Å². The van der Waals surface area contributed by atoms with Crippen LogP contribution in [-0.2, 0) is 9.53 Å². The third-order valence-corrected chi connectivity index (χ3v) is 2.92. The highest BCUT2D eigenvalue weighted by molar-refractivity contribution is 5.78. The first-order chi connectivity index (χ1) is 7.64. The molecular weight excluding hydrogens is 206 g/mol. The summed E-state index contributed by atoms with van der Waals surface area (Å²) in [4.78, 5) is 11.6. The molecule has 0 bridgehead atoms. The zero-order chi connectivity index (χ0) is 12.4. The van der Waals surface area contributed by atoms with Crippen LogP contribution < -0.4 is 16.4 Å². The highest BCUT2D eigenvalue weighted by atomic mass is 16.5. The lowest BCUT2D eigenvalue weighted by atomic mass is 9.93. The predicted molar refractivity (Wildman–Crippen MR) is 65.3 cm³/mol. The van der Waals surface area contributed by atoms with Gasteiger partial charge >= 0.3 is 0 Å². The summed E-state index contributed by atoms with van der Waals surface area (Å²) < 4.78 is 4.87. The van der Waals surface area contributed by atoms with Crippen LogP contribution in [0.5, 0.6) is 0 Å². The summed E-state index contributed by atoms with van der Waals surface area (Å²) in [5.74, 6) is -0.00902. The molecule has 0 rings (SSSR count). The number of methoxy groups -OCH3 is 1. The molecule has 0 unspecified atom stereocenters. The summed E-state index contributed by atoms with van der Waals surface area (Å²) in [6, 6.07) is 0. The first-order valence-corrected chi connectivity index (χ1v) is 5.84. The third-order valence-electron chi connectivity index (χ3n) is 2.92. The monoisotopic (exact) mass is 231 g/mol. The predicted octanol–water partition coefficient (Wildman–Crippen LogP) is -0.144. The Morgan fingerprint density at radius 2 is 2.00 bits per heavy atom. The Hall–Kier alpha value is -0.650. The summed E-state index contributed by atoms with van der Waals surface area (Å²) in [6.45, 7) is 6.15. The molecule has 0 aromatic heterocycles. The summed E-state index contributed by atoms with van der Waals surface area (Å²) in [5.41, 5.74) is 5.45. The van der Waals surface area contributed by atoms with Gasteiger partial charge in [-0.1, -0.05) is 13.8 Å². The van der Waals surface area contributed by atoms with Gasteiger partial charge in [-0.25, -0.2) is 0 Å². The Morgan fingerprint density at radius 3 is 2.44 bits per heavy atom. The second kappa shape index (κ2) is 8.50. The maximum absolute atomic E-state index is 11.6. The molecule has 16 heavy (non-hydrogen) atoms. The lowest BCUT2D eigenvalue weighted by Crippen LogP contribution is -2.54. The SMILES string of the molecule is CCC(CC)(CN)NC(=O)CNCCOC. The van der Waals surface area contributed by atoms with Crippen LogP contribution >= 0.6 is 0 Å². The van der Waals surface area contributed by atoms with E-state index in [1.165, 1.54) is 0 Å². The van der Waals surface area contributed by atoms with Gasteiger partial charge < -0.3 is 21.1 Å². The molecule has 0 aromatic rings. The standard InChI is InChI=1S/C11H25N3O2/c1-4-11(5-2,9-12)14-10(15)8-13-6-7-16-3/h13H,4-9,12H2,1-3H3,(H,14,15). The van der Waals surface area contributed by atoms with E-state index in [9.17, 15) is 4.79 Å². The molecule has 0 aliphatic heterocycles. The molecule has 1 amide bonds. The quantitative estimate of drug-likeness (QED) is 0.483. The first-order valence-electron chi connectivity index (χ1n) is 5.84. The van der Waals surface area contributed by atoms with Crippen molar-refractivity contribution in [3.8, 4) is 0 Å². The van der Waals surface area contributed by atoms with Gasteiger partial charge in [-0.05, 0) is 12.8 Å². The van der Waals surface area contributed by atoms with Gasteiger partial charge in [0.15, 0.2) is 0 Å². The molecule has 0 aromatic carbocycles. The summed E-state index contributed by atoms with van der Waals surface area (Å²) in [6.07, 6.45) is 1.70. The number of amides is 1. The normalized spacial score (nSPS) is 11.5. The number of carbonyl (C=O) groups excluding carboxylic acids is 1. The molecule has 4 N–H and O–H groups in total. The van der Waals surface area contributed by atoms with E-state index in [2.05, 4.69) is 10.6 Å². The number of hydrogen-bond donors (Lipinski definition) is 3. The lowest BCUT2D eigenvalue weighted by Gasteiger charge is -2.31. The van der Waals surface area contributed by atoms with Crippen molar-refractivity contribution >= 4 is 5.91 Å². The number of nitrogens with two attached hydrogens (primary N) is 1. The van der Waals surface area contributed by atoms with Crippen molar-refractivity contribution in [2.45, 2.75) is 32.2 Å². The summed E-state index contributed by atoms with van der Waals surface area (Å²) >= 11 is 0. The maximum Gasteiger partial charge on any atom is 0.234 e. The van der Waals surface area contributed by atoms with Crippen molar-refractivity contribution < 1.29 is 9.53 Å². The van der Waals surface area contributed by atoms with E-state index in [-0.39, 0.29) is 11.4 Å². The fourth-order valence-corrected chi connectivity index (χ4v) is 1.48. The Balaban J connectivity index is 3.91. The van der Waals surface area contributed by atoms with Crippen LogP contribution in [0.2, 0.25) is 0 Å². The molecular formula is C11H25N3O2. The largest absolute Gasteiger partial charge is 0.383 e. The van der Waals surface area contributed by atoms with Crippen LogP contribution in [0.1, 0.15) is 26.7 Å². The molecule has 0 heterocycles. The van der Waals surface area contributed by atoms with E-state index >= 15 is 0 Å². The fraction of sp³-hybridized carbons (Fsp3) is 0.909. The number of ether oxygens (including phenoxy) is 1. The Labute approximate surface area is 98.1 Å². The van der Waals surface area contributed by atoms with Crippen molar-refractivity contribution in [3.63, 3.8) is 0 Å². The van der Waals surface area contributed by atoms with Crippen molar-refractivity contribution in [1.82, 2.24) is 10.6 Å². The smallest absolute Gasteiger partial charge is 0.234 e. The minimum Gasteiger partial charge on any atom is -0.383 e. The topological polar surface area (TPSA) is 76.4 Å². The van der Waals surface area contributed by atoms with Crippen molar-refractivity contribution in [1.29, 1.82) is 0 Å². The number of nitrogens with one attached hydrogen (secondary N) is 2. The van der Waals surface area contributed by atoms with Crippen LogP contribution in [-0.4, -0.2) is 44.8 Å². The van der Waals surface area contributed by atoms with Crippen molar-refractivity contribution in [2.24, 2.45) is 5.73 Å². The average molecular weight is 231 g/mol. The van der Waals surface area contributed by atoms with Gasteiger partial charge in [-0.15, -0.1) is 0 Å². The number of rotatable bonds is 9. The highest BCUT2D eigenvalue weighted by Gasteiger charge is 2.25. The van der Waals surface area contributed by atoms with Gasteiger partial charge in [0.25, 0.3) is 0 Å². The summed E-state index contributed by atoms with van der Waals surface area (Å²) in [5, 5.41) is 5.99. The molecule has 0 aliphatic rings. The number of carbonyl (C=O) groups is 1.